The van der Waals surface area contributed by atoms with E-state index in [0.29, 0.717) is 25.4 Å². The molecule has 1 N–H and O–H groups in total. The number of carbonyl (C=O) groups is 2. The monoisotopic (exact) mass is 237 g/mol. The highest BCUT2D eigenvalue weighted by molar-refractivity contribution is 5.89. The number of carbonyl (C=O) groups excluding carboxylic acids is 1. The molecular weight excluding hydrogens is 218 g/mol. The Morgan fingerprint density at radius 3 is 2.53 bits per heavy atom. The zero-order chi connectivity index (χ0) is 12.6. The molecule has 94 valence electrons. The van der Waals surface area contributed by atoms with Gasteiger partial charge in [0.2, 0.25) is 5.91 Å². The van der Waals surface area contributed by atoms with Crippen LogP contribution in [0.1, 0.15) is 33.1 Å². The van der Waals surface area contributed by atoms with Crippen LogP contribution in [0.25, 0.3) is 0 Å². The maximum Gasteiger partial charge on any atom is 0.311 e. The number of allylic oxidation sites excluding steroid dienone is 1. The SMILES string of the molecule is CC(=CC(=O)N1CCC(C)(C(=O)O)C1)C1CC1. The topological polar surface area (TPSA) is 57.6 Å². The van der Waals surface area contributed by atoms with Crippen molar-refractivity contribution in [2.45, 2.75) is 33.1 Å². The fourth-order valence-corrected chi connectivity index (χ4v) is 2.27. The van der Waals surface area contributed by atoms with E-state index in [1.165, 1.54) is 12.8 Å². The lowest BCUT2D eigenvalue weighted by molar-refractivity contribution is -0.147. The van der Waals surface area contributed by atoms with Gasteiger partial charge in [-0.3, -0.25) is 9.59 Å². The number of aliphatic carboxylic acids is 1. The average molecular weight is 237 g/mol. The van der Waals surface area contributed by atoms with Crippen LogP contribution in [0.15, 0.2) is 11.6 Å². The van der Waals surface area contributed by atoms with Gasteiger partial charge in [-0.1, -0.05) is 5.57 Å². The molecule has 1 atom stereocenters. The maximum atomic E-state index is 12.0. The highest BCUT2D eigenvalue weighted by Gasteiger charge is 2.41. The molecule has 0 aromatic rings. The molecule has 1 aliphatic carbocycles. The van der Waals surface area contributed by atoms with Gasteiger partial charge in [0.25, 0.3) is 0 Å². The molecule has 17 heavy (non-hydrogen) atoms. The standard InChI is InChI=1S/C13H19NO3/c1-9(10-3-4-10)7-11(15)14-6-5-13(2,8-14)12(16)17/h7,10H,3-6,8H2,1-2H3,(H,16,17). The Balaban J connectivity index is 1.98. The smallest absolute Gasteiger partial charge is 0.311 e. The Labute approximate surface area is 101 Å². The van der Waals surface area contributed by atoms with Crippen molar-refractivity contribution in [3.05, 3.63) is 11.6 Å². The summed E-state index contributed by atoms with van der Waals surface area (Å²) in [5.41, 5.74) is 0.371. The van der Waals surface area contributed by atoms with Gasteiger partial charge in [0.15, 0.2) is 0 Å². The summed E-state index contributed by atoms with van der Waals surface area (Å²) in [5, 5.41) is 9.10. The lowest BCUT2D eigenvalue weighted by Crippen LogP contribution is -2.34. The van der Waals surface area contributed by atoms with Crippen LogP contribution in [0.5, 0.6) is 0 Å². The number of rotatable bonds is 3. The summed E-state index contributed by atoms with van der Waals surface area (Å²) in [5.74, 6) is -0.248. The zero-order valence-corrected chi connectivity index (χ0v) is 10.4. The summed E-state index contributed by atoms with van der Waals surface area (Å²) in [7, 11) is 0. The van der Waals surface area contributed by atoms with E-state index in [1.54, 1.807) is 17.9 Å². The van der Waals surface area contributed by atoms with Gasteiger partial charge in [0, 0.05) is 19.2 Å². The van der Waals surface area contributed by atoms with Crippen molar-refractivity contribution in [2.75, 3.05) is 13.1 Å². The van der Waals surface area contributed by atoms with Gasteiger partial charge in [0.05, 0.1) is 5.41 Å². The number of hydrogen-bond donors (Lipinski definition) is 1. The van der Waals surface area contributed by atoms with Gasteiger partial charge < -0.3 is 10.0 Å². The molecule has 0 radical (unpaired) electrons. The van der Waals surface area contributed by atoms with Gasteiger partial charge >= 0.3 is 5.97 Å². The predicted molar refractivity (Wildman–Crippen MR) is 63.4 cm³/mol. The minimum atomic E-state index is -0.810. The first-order chi connectivity index (χ1) is 7.92. The Hall–Kier alpha value is -1.32. The molecule has 1 saturated heterocycles. The Morgan fingerprint density at radius 2 is 2.06 bits per heavy atom. The van der Waals surface area contributed by atoms with Gasteiger partial charge in [-0.2, -0.15) is 0 Å². The summed E-state index contributed by atoms with van der Waals surface area (Å²) in [4.78, 5) is 24.7. The van der Waals surface area contributed by atoms with E-state index in [4.69, 9.17) is 5.11 Å². The Morgan fingerprint density at radius 1 is 1.41 bits per heavy atom. The third kappa shape index (κ3) is 2.51. The molecule has 0 bridgehead atoms. The van der Waals surface area contributed by atoms with E-state index in [-0.39, 0.29) is 5.91 Å². The lowest BCUT2D eigenvalue weighted by atomic mass is 9.90. The second kappa shape index (κ2) is 4.17. The molecule has 1 saturated carbocycles. The second-order valence-electron chi connectivity index (χ2n) is 5.54. The first-order valence-corrected chi connectivity index (χ1v) is 6.13. The third-order valence-corrected chi connectivity index (χ3v) is 3.87. The van der Waals surface area contributed by atoms with E-state index in [2.05, 4.69) is 0 Å². The largest absolute Gasteiger partial charge is 0.481 e. The number of likely N-dealkylation sites (tertiary alicyclic amines) is 1. The number of hydrogen-bond acceptors (Lipinski definition) is 2. The first kappa shape index (κ1) is 12.1. The molecule has 1 aliphatic heterocycles. The van der Waals surface area contributed by atoms with Crippen molar-refractivity contribution >= 4 is 11.9 Å². The van der Waals surface area contributed by atoms with E-state index >= 15 is 0 Å². The summed E-state index contributed by atoms with van der Waals surface area (Å²) < 4.78 is 0. The van der Waals surface area contributed by atoms with Crippen molar-refractivity contribution < 1.29 is 14.7 Å². The Bertz CT molecular complexity index is 384. The Kier molecular flexibility index (Phi) is 2.98. The first-order valence-electron chi connectivity index (χ1n) is 6.13. The molecule has 1 unspecified atom stereocenters. The molecule has 2 fully saturated rings. The normalized spacial score (nSPS) is 29.5. The van der Waals surface area contributed by atoms with E-state index in [1.807, 2.05) is 6.92 Å². The predicted octanol–water partition coefficient (Wildman–Crippen LogP) is 1.67. The van der Waals surface area contributed by atoms with Crippen LogP contribution in [0.3, 0.4) is 0 Å². The van der Waals surface area contributed by atoms with Gasteiger partial charge in [-0.05, 0) is 39.0 Å². The van der Waals surface area contributed by atoms with E-state index in [0.717, 1.165) is 5.57 Å². The minimum absolute atomic E-state index is 0.0284. The number of carboxylic acids is 1. The van der Waals surface area contributed by atoms with Crippen LogP contribution in [-0.4, -0.2) is 35.0 Å². The van der Waals surface area contributed by atoms with Crippen molar-refractivity contribution in [1.82, 2.24) is 4.90 Å². The van der Waals surface area contributed by atoms with Gasteiger partial charge in [-0.15, -0.1) is 0 Å². The average Bonchev–Trinajstić information content (AvgIpc) is 3.02. The highest BCUT2D eigenvalue weighted by Crippen LogP contribution is 2.36. The highest BCUT2D eigenvalue weighted by atomic mass is 16.4. The van der Waals surface area contributed by atoms with E-state index < -0.39 is 11.4 Å². The molecule has 1 heterocycles. The molecule has 0 aromatic heterocycles. The fraction of sp³-hybridized carbons (Fsp3) is 0.692. The molecular formula is C13H19NO3. The minimum Gasteiger partial charge on any atom is -0.481 e. The molecule has 2 rings (SSSR count). The zero-order valence-electron chi connectivity index (χ0n) is 10.4. The van der Waals surface area contributed by atoms with Crippen LogP contribution in [-0.2, 0) is 9.59 Å². The van der Waals surface area contributed by atoms with Crippen molar-refractivity contribution in [1.29, 1.82) is 0 Å². The maximum absolute atomic E-state index is 12.0. The van der Waals surface area contributed by atoms with Crippen molar-refractivity contribution in [2.24, 2.45) is 11.3 Å². The summed E-state index contributed by atoms with van der Waals surface area (Å²) in [6.45, 7) is 4.58. The van der Waals surface area contributed by atoms with Gasteiger partial charge in [0.1, 0.15) is 0 Å². The fourth-order valence-electron chi connectivity index (χ4n) is 2.27. The van der Waals surface area contributed by atoms with Crippen LogP contribution >= 0.6 is 0 Å². The lowest BCUT2D eigenvalue weighted by Gasteiger charge is -2.19. The quantitative estimate of drug-likeness (QED) is 0.759. The molecule has 2 aliphatic rings. The summed E-state index contributed by atoms with van der Waals surface area (Å²) >= 11 is 0. The van der Waals surface area contributed by atoms with E-state index in [9.17, 15) is 9.59 Å². The molecule has 4 heteroatoms. The van der Waals surface area contributed by atoms with Crippen LogP contribution < -0.4 is 0 Å². The third-order valence-electron chi connectivity index (χ3n) is 3.87. The molecule has 4 nitrogen and oxygen atoms in total. The molecule has 1 amide bonds. The van der Waals surface area contributed by atoms with Gasteiger partial charge in [-0.25, -0.2) is 0 Å². The van der Waals surface area contributed by atoms with Crippen molar-refractivity contribution in [3.8, 4) is 0 Å². The molecule has 0 spiro atoms. The number of carboxylic acid groups (broad SMARTS) is 1. The molecule has 0 aromatic carbocycles. The van der Waals surface area contributed by atoms with Crippen LogP contribution in [0.2, 0.25) is 0 Å². The number of nitrogens with zero attached hydrogens (tertiary/aromatic N) is 1. The van der Waals surface area contributed by atoms with Crippen molar-refractivity contribution in [3.63, 3.8) is 0 Å². The van der Waals surface area contributed by atoms with Crippen LogP contribution in [0.4, 0.5) is 0 Å². The van der Waals surface area contributed by atoms with Crippen LogP contribution in [0, 0.1) is 11.3 Å². The number of amides is 1. The summed E-state index contributed by atoms with van der Waals surface area (Å²) in [6.07, 6.45) is 4.60. The second-order valence-corrected chi connectivity index (χ2v) is 5.54. The summed E-state index contributed by atoms with van der Waals surface area (Å²) in [6, 6.07) is 0.